The minimum absolute atomic E-state index is 0.120. The van der Waals surface area contributed by atoms with Crippen molar-refractivity contribution >= 4 is 22.8 Å². The van der Waals surface area contributed by atoms with Crippen LogP contribution in [0.15, 0.2) is 66.7 Å². The van der Waals surface area contributed by atoms with Gasteiger partial charge in [0.25, 0.3) is 0 Å². The number of hydrogen-bond donors (Lipinski definition) is 1. The molecule has 0 fully saturated rings. The topological polar surface area (TPSA) is 108 Å². The fourth-order valence-corrected chi connectivity index (χ4v) is 4.44. The van der Waals surface area contributed by atoms with Gasteiger partial charge in [0.05, 0.1) is 26.8 Å². The van der Waals surface area contributed by atoms with E-state index >= 15 is 0 Å². The van der Waals surface area contributed by atoms with Crippen molar-refractivity contribution in [3.8, 4) is 17.2 Å². The summed E-state index contributed by atoms with van der Waals surface area (Å²) in [5.41, 5.74) is 2.17. The standard InChI is InChI=1S/C30H35N5O5/c1-30(2,3)31-29(37)28(21-15-23(39-5)17-24(16-21)40-6)34(18-20-10-9-11-22(14-20)38-4)27(36)19-35-26-13-8-7-12-25(26)32-33-35/h7-17,28H,18-19H2,1-6H3,(H,31,37). The number of nitrogens with one attached hydrogen (secondary N) is 1. The Hall–Kier alpha value is -4.60. The van der Waals surface area contributed by atoms with E-state index in [-0.39, 0.29) is 24.9 Å². The molecule has 210 valence electrons. The molecule has 0 saturated heterocycles. The average Bonchev–Trinajstić information content (AvgIpc) is 3.34. The van der Waals surface area contributed by atoms with Crippen LogP contribution >= 0.6 is 0 Å². The Balaban J connectivity index is 1.84. The van der Waals surface area contributed by atoms with Crippen molar-refractivity contribution < 1.29 is 23.8 Å². The van der Waals surface area contributed by atoms with Crippen LogP contribution < -0.4 is 19.5 Å². The highest BCUT2D eigenvalue weighted by Gasteiger charge is 2.34. The summed E-state index contributed by atoms with van der Waals surface area (Å²) in [5, 5.41) is 11.4. The summed E-state index contributed by atoms with van der Waals surface area (Å²) in [7, 11) is 4.66. The first-order chi connectivity index (χ1) is 19.1. The molecule has 0 saturated carbocycles. The van der Waals surface area contributed by atoms with Crippen LogP contribution in [0.3, 0.4) is 0 Å². The molecular formula is C30H35N5O5. The van der Waals surface area contributed by atoms with Gasteiger partial charge in [0.15, 0.2) is 0 Å². The molecule has 1 unspecified atom stereocenters. The molecule has 4 rings (SSSR count). The number of carbonyl (C=O) groups is 2. The van der Waals surface area contributed by atoms with Crippen molar-refractivity contribution in [3.05, 3.63) is 77.9 Å². The molecule has 0 aliphatic heterocycles. The molecule has 4 aromatic rings. The lowest BCUT2D eigenvalue weighted by atomic mass is 10.00. The van der Waals surface area contributed by atoms with Gasteiger partial charge in [0, 0.05) is 18.2 Å². The first-order valence-electron chi connectivity index (χ1n) is 12.9. The molecule has 0 bridgehead atoms. The number of ether oxygens (including phenoxy) is 3. The molecular weight excluding hydrogens is 510 g/mol. The van der Waals surface area contributed by atoms with Gasteiger partial charge in [0.2, 0.25) is 11.8 Å². The van der Waals surface area contributed by atoms with Crippen molar-refractivity contribution in [3.63, 3.8) is 0 Å². The first-order valence-corrected chi connectivity index (χ1v) is 12.9. The van der Waals surface area contributed by atoms with Crippen LogP contribution in [-0.2, 0) is 22.7 Å². The molecule has 2 amide bonds. The zero-order valence-electron chi connectivity index (χ0n) is 23.7. The summed E-state index contributed by atoms with van der Waals surface area (Å²) in [4.78, 5) is 29.7. The lowest BCUT2D eigenvalue weighted by molar-refractivity contribution is -0.142. The number of nitrogens with zero attached hydrogens (tertiary/aromatic N) is 4. The number of carbonyl (C=O) groups excluding carboxylic acids is 2. The SMILES string of the molecule is COc1cccc(CN(C(=O)Cn2nnc3ccccc32)C(C(=O)NC(C)(C)C)c2cc(OC)cc(OC)c2)c1. The number of fused-ring (bicyclic) bond motifs is 1. The van der Waals surface area contributed by atoms with Gasteiger partial charge < -0.3 is 24.4 Å². The second-order valence-electron chi connectivity index (χ2n) is 10.4. The minimum atomic E-state index is -1.02. The van der Waals surface area contributed by atoms with E-state index in [2.05, 4.69) is 15.6 Å². The number of benzene rings is 3. The number of methoxy groups -OCH3 is 3. The minimum Gasteiger partial charge on any atom is -0.497 e. The Morgan fingerprint density at radius 3 is 2.23 bits per heavy atom. The van der Waals surface area contributed by atoms with Crippen LogP contribution in [0.4, 0.5) is 0 Å². The summed E-state index contributed by atoms with van der Waals surface area (Å²) >= 11 is 0. The molecule has 10 heteroatoms. The molecule has 3 aromatic carbocycles. The van der Waals surface area contributed by atoms with Crippen molar-refractivity contribution in [1.29, 1.82) is 0 Å². The molecule has 0 aliphatic carbocycles. The van der Waals surface area contributed by atoms with Gasteiger partial charge in [-0.15, -0.1) is 5.10 Å². The maximum atomic E-state index is 14.2. The number of amides is 2. The van der Waals surface area contributed by atoms with Crippen LogP contribution in [-0.4, -0.2) is 58.6 Å². The highest BCUT2D eigenvalue weighted by atomic mass is 16.5. The third kappa shape index (κ3) is 6.69. The molecule has 0 aliphatic rings. The Labute approximate surface area is 233 Å². The highest BCUT2D eigenvalue weighted by Crippen LogP contribution is 2.32. The Morgan fingerprint density at radius 1 is 0.900 bits per heavy atom. The van der Waals surface area contributed by atoms with E-state index in [1.54, 1.807) is 34.9 Å². The summed E-state index contributed by atoms with van der Waals surface area (Å²) in [5.74, 6) is 0.973. The highest BCUT2D eigenvalue weighted by molar-refractivity contribution is 5.90. The second-order valence-corrected chi connectivity index (χ2v) is 10.4. The van der Waals surface area contributed by atoms with Gasteiger partial charge in [0.1, 0.15) is 35.4 Å². The molecule has 1 aromatic heterocycles. The quantitative estimate of drug-likeness (QED) is 0.319. The van der Waals surface area contributed by atoms with E-state index in [0.29, 0.717) is 28.3 Å². The predicted octanol–water partition coefficient (Wildman–Crippen LogP) is 4.14. The zero-order valence-corrected chi connectivity index (χ0v) is 23.7. The van der Waals surface area contributed by atoms with Gasteiger partial charge in [-0.2, -0.15) is 0 Å². The van der Waals surface area contributed by atoms with Gasteiger partial charge in [-0.25, -0.2) is 4.68 Å². The van der Waals surface area contributed by atoms with Crippen molar-refractivity contribution in [1.82, 2.24) is 25.2 Å². The number of para-hydroxylation sites is 1. The van der Waals surface area contributed by atoms with Gasteiger partial charge in [-0.3, -0.25) is 9.59 Å². The largest absolute Gasteiger partial charge is 0.497 e. The molecule has 40 heavy (non-hydrogen) atoms. The van der Waals surface area contributed by atoms with Crippen LogP contribution in [0.25, 0.3) is 11.0 Å². The van der Waals surface area contributed by atoms with E-state index in [4.69, 9.17) is 14.2 Å². The third-order valence-electron chi connectivity index (χ3n) is 6.26. The van der Waals surface area contributed by atoms with Crippen molar-refractivity contribution in [2.45, 2.75) is 45.4 Å². The van der Waals surface area contributed by atoms with E-state index < -0.39 is 11.6 Å². The Bertz CT molecular complexity index is 1470. The number of hydrogen-bond acceptors (Lipinski definition) is 7. The van der Waals surface area contributed by atoms with Crippen LogP contribution in [0.2, 0.25) is 0 Å². The van der Waals surface area contributed by atoms with Crippen molar-refractivity contribution in [2.24, 2.45) is 0 Å². The lowest BCUT2D eigenvalue weighted by Gasteiger charge is -2.34. The second kappa shape index (κ2) is 12.1. The monoisotopic (exact) mass is 545 g/mol. The summed E-state index contributed by atoms with van der Waals surface area (Å²) in [6.07, 6.45) is 0. The Kier molecular flexibility index (Phi) is 8.57. The average molecular weight is 546 g/mol. The summed E-state index contributed by atoms with van der Waals surface area (Å²) in [6.45, 7) is 5.69. The number of rotatable bonds is 10. The smallest absolute Gasteiger partial charge is 0.247 e. The predicted molar refractivity (Wildman–Crippen MR) is 151 cm³/mol. The number of aromatic nitrogens is 3. The molecule has 1 N–H and O–H groups in total. The van der Waals surface area contributed by atoms with E-state index in [0.717, 1.165) is 11.1 Å². The van der Waals surface area contributed by atoms with Crippen LogP contribution in [0.5, 0.6) is 17.2 Å². The maximum absolute atomic E-state index is 14.2. The summed E-state index contributed by atoms with van der Waals surface area (Å²) in [6, 6.07) is 19.0. The van der Waals surface area contributed by atoms with E-state index in [1.807, 2.05) is 69.3 Å². The molecule has 10 nitrogen and oxygen atoms in total. The Morgan fingerprint density at radius 2 is 1.57 bits per heavy atom. The van der Waals surface area contributed by atoms with Gasteiger partial charge in [-0.1, -0.05) is 29.5 Å². The summed E-state index contributed by atoms with van der Waals surface area (Å²) < 4.78 is 17.9. The lowest BCUT2D eigenvalue weighted by Crippen LogP contribution is -2.49. The molecule has 0 spiro atoms. The van der Waals surface area contributed by atoms with E-state index in [9.17, 15) is 9.59 Å². The van der Waals surface area contributed by atoms with Crippen LogP contribution in [0, 0.1) is 0 Å². The maximum Gasteiger partial charge on any atom is 0.247 e. The zero-order chi connectivity index (χ0) is 28.9. The normalized spacial score (nSPS) is 12.1. The molecule has 1 atom stereocenters. The van der Waals surface area contributed by atoms with Gasteiger partial charge in [-0.05, 0) is 68.3 Å². The molecule has 0 radical (unpaired) electrons. The molecule has 1 heterocycles. The fourth-order valence-electron chi connectivity index (χ4n) is 4.44. The van der Waals surface area contributed by atoms with Crippen molar-refractivity contribution in [2.75, 3.05) is 21.3 Å². The van der Waals surface area contributed by atoms with Crippen LogP contribution in [0.1, 0.15) is 37.9 Å². The van der Waals surface area contributed by atoms with Gasteiger partial charge >= 0.3 is 0 Å². The third-order valence-corrected chi connectivity index (χ3v) is 6.26. The first kappa shape index (κ1) is 28.4. The van der Waals surface area contributed by atoms with E-state index in [1.165, 1.54) is 14.2 Å². The fraction of sp³-hybridized carbons (Fsp3) is 0.333.